The number of aromatic nitrogens is 1. The van der Waals surface area contributed by atoms with Crippen LogP contribution in [0.3, 0.4) is 0 Å². The Bertz CT molecular complexity index is 533. The topological polar surface area (TPSA) is 71.5 Å². The summed E-state index contributed by atoms with van der Waals surface area (Å²) in [5.74, 6) is 5.51. The molecule has 2 rings (SSSR count). The van der Waals surface area contributed by atoms with E-state index < -0.39 is 0 Å². The van der Waals surface area contributed by atoms with Gasteiger partial charge in [0, 0.05) is 31.0 Å². The van der Waals surface area contributed by atoms with Crippen LogP contribution in [0.5, 0.6) is 0 Å². The molecule has 0 spiro atoms. The molecule has 1 aliphatic rings. The summed E-state index contributed by atoms with van der Waals surface area (Å²) in [6.45, 7) is 2.66. The first-order valence-electron chi connectivity index (χ1n) is 6.68. The maximum absolute atomic E-state index is 12.1. The summed E-state index contributed by atoms with van der Waals surface area (Å²) in [6.07, 6.45) is 4.40. The van der Waals surface area contributed by atoms with Crippen LogP contribution in [0.25, 0.3) is 0 Å². The lowest BCUT2D eigenvalue weighted by Crippen LogP contribution is -2.39. The van der Waals surface area contributed by atoms with Crippen molar-refractivity contribution in [2.75, 3.05) is 13.2 Å². The van der Waals surface area contributed by atoms with E-state index in [1.54, 1.807) is 12.3 Å². The zero-order chi connectivity index (χ0) is 14.4. The predicted octanol–water partition coefficient (Wildman–Crippen LogP) is 0.723. The molecule has 1 aromatic heterocycles. The molecule has 0 saturated carbocycles. The van der Waals surface area contributed by atoms with Gasteiger partial charge < -0.3 is 15.2 Å². The van der Waals surface area contributed by atoms with Crippen molar-refractivity contribution in [3.05, 3.63) is 29.6 Å². The summed E-state index contributed by atoms with van der Waals surface area (Å²) in [5.41, 5.74) is 1.15. The Balaban J connectivity index is 2.03. The molecule has 1 aliphatic heterocycles. The molecule has 5 nitrogen and oxygen atoms in total. The van der Waals surface area contributed by atoms with E-state index in [4.69, 9.17) is 9.84 Å². The molecule has 0 bridgehead atoms. The van der Waals surface area contributed by atoms with Crippen molar-refractivity contribution in [1.29, 1.82) is 0 Å². The Hall–Kier alpha value is -1.90. The normalized spacial score (nSPS) is 21.1. The molecule has 0 aromatic carbocycles. The molecule has 1 saturated heterocycles. The van der Waals surface area contributed by atoms with Gasteiger partial charge >= 0.3 is 0 Å². The van der Waals surface area contributed by atoms with Gasteiger partial charge in [-0.25, -0.2) is 0 Å². The molecule has 1 amide bonds. The number of nitrogens with zero attached hydrogens (tertiary/aromatic N) is 1. The van der Waals surface area contributed by atoms with Gasteiger partial charge in [0.1, 0.15) is 0 Å². The summed E-state index contributed by atoms with van der Waals surface area (Å²) in [6, 6.07) is 1.75. The van der Waals surface area contributed by atoms with Crippen molar-refractivity contribution in [2.24, 2.45) is 0 Å². The van der Waals surface area contributed by atoms with Crippen molar-refractivity contribution < 1.29 is 14.6 Å². The first-order valence-corrected chi connectivity index (χ1v) is 6.68. The van der Waals surface area contributed by atoms with E-state index in [0.29, 0.717) is 24.2 Å². The number of ether oxygens (including phenoxy) is 1. The number of aliphatic hydroxyl groups excluding tert-OH is 1. The zero-order valence-corrected chi connectivity index (χ0v) is 11.4. The van der Waals surface area contributed by atoms with E-state index in [-0.39, 0.29) is 24.7 Å². The lowest BCUT2D eigenvalue weighted by Gasteiger charge is -2.15. The highest BCUT2D eigenvalue weighted by atomic mass is 16.5. The number of amides is 1. The van der Waals surface area contributed by atoms with Crippen LogP contribution < -0.4 is 5.32 Å². The number of hydrogen-bond acceptors (Lipinski definition) is 4. The van der Waals surface area contributed by atoms with E-state index in [1.807, 2.05) is 6.92 Å². The average Bonchev–Trinajstić information content (AvgIpc) is 2.85. The van der Waals surface area contributed by atoms with Gasteiger partial charge in [0.05, 0.1) is 24.3 Å². The number of aliphatic hydroxyl groups is 1. The predicted molar refractivity (Wildman–Crippen MR) is 74.1 cm³/mol. The fourth-order valence-corrected chi connectivity index (χ4v) is 2.03. The smallest absolute Gasteiger partial charge is 0.253 e. The highest BCUT2D eigenvalue weighted by molar-refractivity contribution is 5.94. The molecule has 0 radical (unpaired) electrons. The highest BCUT2D eigenvalue weighted by Gasteiger charge is 2.26. The summed E-state index contributed by atoms with van der Waals surface area (Å²) < 4.78 is 5.42. The average molecular weight is 274 g/mol. The van der Waals surface area contributed by atoms with Crippen molar-refractivity contribution in [3.8, 4) is 11.8 Å². The largest absolute Gasteiger partial charge is 0.395 e. The van der Waals surface area contributed by atoms with Gasteiger partial charge in [-0.1, -0.05) is 11.8 Å². The Morgan fingerprint density at radius 2 is 2.45 bits per heavy atom. The molecular formula is C15H18N2O3. The summed E-state index contributed by atoms with van der Waals surface area (Å²) in [5, 5.41) is 11.6. The van der Waals surface area contributed by atoms with E-state index in [9.17, 15) is 4.79 Å². The fourth-order valence-electron chi connectivity index (χ4n) is 2.03. The van der Waals surface area contributed by atoms with Crippen LogP contribution in [0.1, 0.15) is 35.7 Å². The van der Waals surface area contributed by atoms with Crippen molar-refractivity contribution >= 4 is 5.91 Å². The highest BCUT2D eigenvalue weighted by Crippen LogP contribution is 2.13. The van der Waals surface area contributed by atoms with Crippen LogP contribution in [0.15, 0.2) is 18.5 Å². The minimum atomic E-state index is -0.161. The third-order valence-electron chi connectivity index (χ3n) is 3.16. The summed E-state index contributed by atoms with van der Waals surface area (Å²) in [7, 11) is 0. The second-order valence-corrected chi connectivity index (χ2v) is 4.68. The van der Waals surface area contributed by atoms with E-state index in [2.05, 4.69) is 22.1 Å². The number of carbonyl (C=O) groups excluding carboxylic acids is 1. The van der Waals surface area contributed by atoms with Crippen LogP contribution >= 0.6 is 0 Å². The standard InChI is InChI=1S/C15H18N2O3/c1-11-14(5-7-20-11)17-15(19)13-8-12(9-16-10-13)4-2-3-6-18/h8-11,14,18H,3,5-7H2,1H3,(H,17,19). The summed E-state index contributed by atoms with van der Waals surface area (Å²) >= 11 is 0. The molecular weight excluding hydrogens is 256 g/mol. The van der Waals surface area contributed by atoms with Gasteiger partial charge in [-0.05, 0) is 19.4 Å². The minimum absolute atomic E-state index is 0.0280. The van der Waals surface area contributed by atoms with Crippen LogP contribution in [-0.4, -0.2) is 41.4 Å². The SMILES string of the molecule is CC1OCCC1NC(=O)c1cncc(C#CCCO)c1. The van der Waals surface area contributed by atoms with Gasteiger partial charge in [-0.2, -0.15) is 0 Å². The fraction of sp³-hybridized carbons (Fsp3) is 0.467. The number of nitrogens with one attached hydrogen (secondary N) is 1. The first kappa shape index (κ1) is 14.5. The van der Waals surface area contributed by atoms with Gasteiger partial charge in [-0.3, -0.25) is 9.78 Å². The number of carbonyl (C=O) groups is 1. The molecule has 5 heteroatoms. The first-order chi connectivity index (χ1) is 9.70. The quantitative estimate of drug-likeness (QED) is 0.797. The lowest BCUT2D eigenvalue weighted by molar-refractivity contribution is 0.0866. The maximum Gasteiger partial charge on any atom is 0.253 e. The monoisotopic (exact) mass is 274 g/mol. The third kappa shape index (κ3) is 3.80. The Labute approximate surface area is 118 Å². The van der Waals surface area contributed by atoms with Crippen LogP contribution in [0.4, 0.5) is 0 Å². The molecule has 2 atom stereocenters. The van der Waals surface area contributed by atoms with Crippen LogP contribution in [0, 0.1) is 11.8 Å². The van der Waals surface area contributed by atoms with Gasteiger partial charge in [0.25, 0.3) is 5.91 Å². The minimum Gasteiger partial charge on any atom is -0.395 e. The molecule has 20 heavy (non-hydrogen) atoms. The molecule has 1 fully saturated rings. The number of pyridine rings is 1. The van der Waals surface area contributed by atoms with Crippen LogP contribution in [-0.2, 0) is 4.74 Å². The van der Waals surface area contributed by atoms with E-state index in [0.717, 1.165) is 6.42 Å². The summed E-state index contributed by atoms with van der Waals surface area (Å²) in [4.78, 5) is 16.2. The molecule has 2 heterocycles. The second-order valence-electron chi connectivity index (χ2n) is 4.68. The zero-order valence-electron chi connectivity index (χ0n) is 11.4. The van der Waals surface area contributed by atoms with Gasteiger partial charge in [0.2, 0.25) is 0 Å². The molecule has 106 valence electrons. The maximum atomic E-state index is 12.1. The van der Waals surface area contributed by atoms with Gasteiger partial charge in [0.15, 0.2) is 0 Å². The Kier molecular flexibility index (Phi) is 5.10. The number of hydrogen-bond donors (Lipinski definition) is 2. The third-order valence-corrected chi connectivity index (χ3v) is 3.16. The Morgan fingerprint density at radius 3 is 3.15 bits per heavy atom. The van der Waals surface area contributed by atoms with Crippen molar-refractivity contribution in [2.45, 2.75) is 31.9 Å². The van der Waals surface area contributed by atoms with Crippen LogP contribution in [0.2, 0.25) is 0 Å². The molecule has 2 N–H and O–H groups in total. The second kappa shape index (κ2) is 7.04. The molecule has 0 aliphatic carbocycles. The van der Waals surface area contributed by atoms with Crippen molar-refractivity contribution in [3.63, 3.8) is 0 Å². The van der Waals surface area contributed by atoms with Gasteiger partial charge in [-0.15, -0.1) is 0 Å². The van der Waals surface area contributed by atoms with E-state index >= 15 is 0 Å². The molecule has 2 unspecified atom stereocenters. The molecule has 1 aromatic rings. The Morgan fingerprint density at radius 1 is 1.60 bits per heavy atom. The van der Waals surface area contributed by atoms with Crippen molar-refractivity contribution in [1.82, 2.24) is 10.3 Å². The van der Waals surface area contributed by atoms with E-state index in [1.165, 1.54) is 6.20 Å². The number of rotatable bonds is 3. The lowest BCUT2D eigenvalue weighted by atomic mass is 10.1.